The van der Waals surface area contributed by atoms with Crippen LogP contribution in [0, 0.1) is 0 Å². The number of rotatable bonds is 5. The van der Waals surface area contributed by atoms with Crippen LogP contribution in [-0.2, 0) is 6.54 Å². The van der Waals surface area contributed by atoms with Gasteiger partial charge in [-0.15, -0.1) is 0 Å². The molecule has 0 fully saturated rings. The molecule has 0 aliphatic carbocycles. The molecule has 3 rings (SSSR count). The largest absolute Gasteiger partial charge is 0.361 e. The van der Waals surface area contributed by atoms with E-state index < -0.39 is 0 Å². The number of fused-ring (bicyclic) bond motifs is 1. The van der Waals surface area contributed by atoms with Gasteiger partial charge < -0.3 is 10.3 Å². The van der Waals surface area contributed by atoms with Crippen LogP contribution in [0.4, 0.5) is 0 Å². The van der Waals surface area contributed by atoms with Gasteiger partial charge in [0.25, 0.3) is 0 Å². The molecule has 0 aliphatic rings. The molecule has 1 unspecified atom stereocenters. The summed E-state index contributed by atoms with van der Waals surface area (Å²) in [6.07, 6.45) is 3.09. The first-order valence-electron chi connectivity index (χ1n) is 7.22. The molecule has 20 heavy (non-hydrogen) atoms. The second-order valence-corrected chi connectivity index (χ2v) is 5.11. The number of hydrogen-bond donors (Lipinski definition) is 2. The molecule has 0 amide bonds. The van der Waals surface area contributed by atoms with E-state index in [2.05, 4.69) is 71.8 Å². The van der Waals surface area contributed by atoms with E-state index in [-0.39, 0.29) is 0 Å². The number of benzene rings is 2. The molecule has 0 saturated heterocycles. The highest BCUT2D eigenvalue weighted by atomic mass is 14.9. The minimum Gasteiger partial charge on any atom is -0.361 e. The molecule has 1 aromatic heterocycles. The van der Waals surface area contributed by atoms with Gasteiger partial charge in [-0.05, 0) is 29.7 Å². The van der Waals surface area contributed by atoms with Crippen LogP contribution in [0.2, 0.25) is 0 Å². The maximum absolute atomic E-state index is 3.67. The van der Waals surface area contributed by atoms with Gasteiger partial charge in [0, 0.05) is 29.7 Å². The van der Waals surface area contributed by atoms with Gasteiger partial charge in [0.05, 0.1) is 0 Å². The third-order valence-corrected chi connectivity index (χ3v) is 3.83. The Morgan fingerprint density at radius 3 is 2.65 bits per heavy atom. The van der Waals surface area contributed by atoms with Crippen LogP contribution in [0.15, 0.2) is 60.8 Å². The summed E-state index contributed by atoms with van der Waals surface area (Å²) in [6.45, 7) is 3.12. The molecule has 0 saturated carbocycles. The topological polar surface area (TPSA) is 27.8 Å². The summed E-state index contributed by atoms with van der Waals surface area (Å²) in [6, 6.07) is 19.6. The first-order valence-corrected chi connectivity index (χ1v) is 7.22. The fourth-order valence-corrected chi connectivity index (χ4v) is 2.72. The molecule has 0 bridgehead atoms. The molecule has 3 aromatic rings. The SMILES string of the molecule is CCC(NCc1cccc2[nH]ccc12)c1ccccc1. The van der Waals surface area contributed by atoms with Crippen LogP contribution >= 0.6 is 0 Å². The minimum absolute atomic E-state index is 0.408. The number of aromatic amines is 1. The summed E-state index contributed by atoms with van der Waals surface area (Å²) >= 11 is 0. The van der Waals surface area contributed by atoms with E-state index in [9.17, 15) is 0 Å². The summed E-state index contributed by atoms with van der Waals surface area (Å²) < 4.78 is 0. The minimum atomic E-state index is 0.408. The average molecular weight is 264 g/mol. The Bertz CT molecular complexity index is 670. The highest BCUT2D eigenvalue weighted by Crippen LogP contribution is 2.20. The summed E-state index contributed by atoms with van der Waals surface area (Å²) in [5.41, 5.74) is 3.91. The van der Waals surface area contributed by atoms with Crippen molar-refractivity contribution in [3.63, 3.8) is 0 Å². The monoisotopic (exact) mass is 264 g/mol. The van der Waals surface area contributed by atoms with Crippen molar-refractivity contribution in [3.05, 3.63) is 71.9 Å². The van der Waals surface area contributed by atoms with Crippen molar-refractivity contribution < 1.29 is 0 Å². The molecule has 0 aliphatic heterocycles. The number of H-pyrrole nitrogens is 1. The molecule has 1 heterocycles. The lowest BCUT2D eigenvalue weighted by molar-refractivity contribution is 0.520. The van der Waals surface area contributed by atoms with E-state index in [1.807, 2.05) is 6.20 Å². The van der Waals surface area contributed by atoms with Crippen LogP contribution in [-0.4, -0.2) is 4.98 Å². The summed E-state index contributed by atoms with van der Waals surface area (Å²) in [7, 11) is 0. The lowest BCUT2D eigenvalue weighted by atomic mass is 10.0. The Morgan fingerprint density at radius 2 is 1.85 bits per heavy atom. The van der Waals surface area contributed by atoms with Gasteiger partial charge in [0.2, 0.25) is 0 Å². The molecule has 2 N–H and O–H groups in total. The first kappa shape index (κ1) is 12.9. The standard InChI is InChI=1S/C18H20N2/c1-2-17(14-7-4-3-5-8-14)20-13-15-9-6-10-18-16(15)11-12-19-18/h3-12,17,19-20H,2,13H2,1H3. The average Bonchev–Trinajstić information content (AvgIpc) is 2.98. The van der Waals surface area contributed by atoms with Gasteiger partial charge in [-0.1, -0.05) is 49.4 Å². The molecule has 2 heteroatoms. The van der Waals surface area contributed by atoms with Gasteiger partial charge in [0.15, 0.2) is 0 Å². The van der Waals surface area contributed by atoms with E-state index in [0.717, 1.165) is 13.0 Å². The second kappa shape index (κ2) is 5.93. The molecule has 1 atom stereocenters. The van der Waals surface area contributed by atoms with Crippen LogP contribution < -0.4 is 5.32 Å². The van der Waals surface area contributed by atoms with Gasteiger partial charge in [-0.25, -0.2) is 0 Å². The Balaban J connectivity index is 1.77. The summed E-state index contributed by atoms with van der Waals surface area (Å²) in [5, 5.41) is 4.98. The molecular formula is C18H20N2. The number of aromatic nitrogens is 1. The Kier molecular flexibility index (Phi) is 3.84. The zero-order valence-corrected chi connectivity index (χ0v) is 11.8. The molecular weight excluding hydrogens is 244 g/mol. The smallest absolute Gasteiger partial charge is 0.0457 e. The number of nitrogens with one attached hydrogen (secondary N) is 2. The maximum atomic E-state index is 3.67. The number of hydrogen-bond acceptors (Lipinski definition) is 1. The van der Waals surface area contributed by atoms with E-state index in [4.69, 9.17) is 0 Å². The van der Waals surface area contributed by atoms with E-state index >= 15 is 0 Å². The normalized spacial score (nSPS) is 12.7. The maximum Gasteiger partial charge on any atom is 0.0457 e. The van der Waals surface area contributed by atoms with Crippen molar-refractivity contribution in [2.45, 2.75) is 25.9 Å². The third-order valence-electron chi connectivity index (χ3n) is 3.83. The predicted molar refractivity (Wildman–Crippen MR) is 84.6 cm³/mol. The predicted octanol–water partition coefficient (Wildman–Crippen LogP) is 4.41. The van der Waals surface area contributed by atoms with E-state index in [0.29, 0.717) is 6.04 Å². The van der Waals surface area contributed by atoms with Gasteiger partial charge in [0.1, 0.15) is 0 Å². The fourth-order valence-electron chi connectivity index (χ4n) is 2.72. The lowest BCUT2D eigenvalue weighted by Gasteiger charge is -2.17. The van der Waals surface area contributed by atoms with Crippen LogP contribution in [0.5, 0.6) is 0 Å². The van der Waals surface area contributed by atoms with Crippen LogP contribution in [0.3, 0.4) is 0 Å². The van der Waals surface area contributed by atoms with E-state index in [1.165, 1.54) is 22.0 Å². The Hall–Kier alpha value is -2.06. The third kappa shape index (κ3) is 2.61. The summed E-state index contributed by atoms with van der Waals surface area (Å²) in [4.78, 5) is 3.27. The highest BCUT2D eigenvalue weighted by Gasteiger charge is 2.09. The van der Waals surface area contributed by atoms with Crippen molar-refractivity contribution in [1.29, 1.82) is 0 Å². The molecule has 2 aromatic carbocycles. The fraction of sp³-hybridized carbons (Fsp3) is 0.222. The van der Waals surface area contributed by atoms with Crippen molar-refractivity contribution in [2.24, 2.45) is 0 Å². The quantitative estimate of drug-likeness (QED) is 0.702. The first-order chi connectivity index (χ1) is 9.88. The van der Waals surface area contributed by atoms with Crippen molar-refractivity contribution in [3.8, 4) is 0 Å². The second-order valence-electron chi connectivity index (χ2n) is 5.11. The van der Waals surface area contributed by atoms with Gasteiger partial charge >= 0.3 is 0 Å². The highest BCUT2D eigenvalue weighted by molar-refractivity contribution is 5.82. The molecule has 0 spiro atoms. The zero-order valence-electron chi connectivity index (χ0n) is 11.8. The molecule has 2 nitrogen and oxygen atoms in total. The van der Waals surface area contributed by atoms with E-state index in [1.54, 1.807) is 0 Å². The Labute approximate surface area is 119 Å². The van der Waals surface area contributed by atoms with Crippen molar-refractivity contribution >= 4 is 10.9 Å². The Morgan fingerprint density at radius 1 is 1.00 bits per heavy atom. The zero-order chi connectivity index (χ0) is 13.8. The lowest BCUT2D eigenvalue weighted by Crippen LogP contribution is -2.20. The van der Waals surface area contributed by atoms with Crippen LogP contribution in [0.1, 0.15) is 30.5 Å². The van der Waals surface area contributed by atoms with Crippen LogP contribution in [0.25, 0.3) is 10.9 Å². The van der Waals surface area contributed by atoms with Crippen molar-refractivity contribution in [2.75, 3.05) is 0 Å². The molecule has 0 radical (unpaired) electrons. The van der Waals surface area contributed by atoms with Crippen molar-refractivity contribution in [1.82, 2.24) is 10.3 Å². The van der Waals surface area contributed by atoms with Gasteiger partial charge in [-0.2, -0.15) is 0 Å². The van der Waals surface area contributed by atoms with Gasteiger partial charge in [-0.3, -0.25) is 0 Å². The molecule has 102 valence electrons. The summed E-state index contributed by atoms with van der Waals surface area (Å²) in [5.74, 6) is 0.